The fourth-order valence-electron chi connectivity index (χ4n) is 3.42. The molecule has 98 valence electrons. The largest absolute Gasteiger partial charge is 0.312 e. The van der Waals surface area contributed by atoms with Gasteiger partial charge >= 0.3 is 0 Å². The van der Waals surface area contributed by atoms with E-state index < -0.39 is 0 Å². The Bertz CT molecular complexity index is 227. The Labute approximate surface area is 106 Å². The van der Waals surface area contributed by atoms with Crippen LogP contribution >= 0.6 is 0 Å². The van der Waals surface area contributed by atoms with Crippen molar-refractivity contribution in [1.82, 2.24) is 10.2 Å². The van der Waals surface area contributed by atoms with Gasteiger partial charge in [0.2, 0.25) is 0 Å². The molecule has 0 spiro atoms. The van der Waals surface area contributed by atoms with Crippen molar-refractivity contribution >= 4 is 0 Å². The van der Waals surface area contributed by atoms with E-state index in [1.807, 2.05) is 0 Å². The monoisotopic (exact) mass is 236 g/mol. The van der Waals surface area contributed by atoms with Crippen LogP contribution < -0.4 is 5.32 Å². The van der Waals surface area contributed by atoms with Gasteiger partial charge in [-0.1, -0.05) is 6.42 Å². The van der Waals surface area contributed by atoms with Gasteiger partial charge in [-0.3, -0.25) is 4.90 Å². The Hall–Kier alpha value is -0.0800. The average molecular weight is 236 g/mol. The molecule has 1 aliphatic heterocycles. The molecule has 0 radical (unpaired) electrons. The Morgan fingerprint density at radius 2 is 1.59 bits per heavy atom. The molecule has 2 nitrogen and oxygen atoms in total. The zero-order chi connectivity index (χ0) is 11.7. The highest BCUT2D eigenvalue weighted by molar-refractivity contribution is 4.96. The molecule has 1 heterocycles. The number of hydrogen-bond donors (Lipinski definition) is 1. The number of hydrogen-bond acceptors (Lipinski definition) is 2. The molecule has 1 atom stereocenters. The van der Waals surface area contributed by atoms with Crippen LogP contribution in [0, 0.1) is 11.8 Å². The van der Waals surface area contributed by atoms with Gasteiger partial charge in [0.05, 0.1) is 0 Å². The molecular formula is C15H28N2. The summed E-state index contributed by atoms with van der Waals surface area (Å²) in [5.41, 5.74) is 0. The summed E-state index contributed by atoms with van der Waals surface area (Å²) in [5, 5.41) is 3.90. The number of likely N-dealkylation sites (tertiary alicyclic amines) is 1. The van der Waals surface area contributed by atoms with Crippen molar-refractivity contribution in [3.8, 4) is 0 Å². The van der Waals surface area contributed by atoms with Gasteiger partial charge in [-0.05, 0) is 70.4 Å². The molecule has 1 saturated heterocycles. The predicted molar refractivity (Wildman–Crippen MR) is 72.1 cm³/mol. The molecule has 0 aromatic heterocycles. The summed E-state index contributed by atoms with van der Waals surface area (Å²) < 4.78 is 0. The minimum atomic E-state index is 0.746. The van der Waals surface area contributed by atoms with Crippen molar-refractivity contribution in [2.24, 2.45) is 11.8 Å². The molecule has 0 aromatic rings. The van der Waals surface area contributed by atoms with E-state index in [1.165, 1.54) is 64.6 Å². The Morgan fingerprint density at radius 3 is 2.12 bits per heavy atom. The standard InChI is InChI=1S/C15H28N2/c1-12(17-9-3-2-4-10-17)11-16-15(13-5-6-13)14-7-8-14/h12-16H,2-11H2,1H3. The van der Waals surface area contributed by atoms with E-state index in [2.05, 4.69) is 17.1 Å². The third kappa shape index (κ3) is 3.23. The van der Waals surface area contributed by atoms with Crippen molar-refractivity contribution in [2.75, 3.05) is 19.6 Å². The minimum Gasteiger partial charge on any atom is -0.312 e. The molecule has 1 N–H and O–H groups in total. The summed E-state index contributed by atoms with van der Waals surface area (Å²) >= 11 is 0. The second-order valence-electron chi connectivity index (χ2n) is 6.55. The van der Waals surface area contributed by atoms with E-state index in [0.717, 1.165) is 23.9 Å². The molecule has 3 aliphatic rings. The summed E-state index contributed by atoms with van der Waals surface area (Å²) in [6.07, 6.45) is 10.2. The Kier molecular flexibility index (Phi) is 3.72. The van der Waals surface area contributed by atoms with E-state index in [1.54, 1.807) is 0 Å². The Morgan fingerprint density at radius 1 is 1.00 bits per heavy atom. The molecule has 2 aliphatic carbocycles. The highest BCUT2D eigenvalue weighted by Gasteiger charge is 2.41. The highest BCUT2D eigenvalue weighted by atomic mass is 15.2. The van der Waals surface area contributed by atoms with Crippen LogP contribution in [0.15, 0.2) is 0 Å². The van der Waals surface area contributed by atoms with Gasteiger partial charge in [0.25, 0.3) is 0 Å². The number of nitrogens with one attached hydrogen (secondary N) is 1. The molecule has 2 heteroatoms. The van der Waals surface area contributed by atoms with Crippen LogP contribution in [0.3, 0.4) is 0 Å². The zero-order valence-corrected chi connectivity index (χ0v) is 11.3. The molecule has 3 rings (SSSR count). The van der Waals surface area contributed by atoms with E-state index in [9.17, 15) is 0 Å². The van der Waals surface area contributed by atoms with Crippen molar-refractivity contribution in [1.29, 1.82) is 0 Å². The lowest BCUT2D eigenvalue weighted by Crippen LogP contribution is -2.46. The van der Waals surface area contributed by atoms with E-state index >= 15 is 0 Å². The first kappa shape index (κ1) is 12.0. The smallest absolute Gasteiger partial charge is 0.0192 e. The van der Waals surface area contributed by atoms with Gasteiger partial charge in [0.1, 0.15) is 0 Å². The normalized spacial score (nSPS) is 28.6. The molecule has 17 heavy (non-hydrogen) atoms. The minimum absolute atomic E-state index is 0.746. The van der Waals surface area contributed by atoms with Crippen LogP contribution in [0.1, 0.15) is 51.9 Å². The van der Waals surface area contributed by atoms with E-state index in [-0.39, 0.29) is 0 Å². The topological polar surface area (TPSA) is 15.3 Å². The van der Waals surface area contributed by atoms with Gasteiger partial charge in [-0.25, -0.2) is 0 Å². The maximum atomic E-state index is 3.90. The predicted octanol–water partition coefficient (Wildman–Crippen LogP) is 2.64. The lowest BCUT2D eigenvalue weighted by atomic mass is 10.1. The van der Waals surface area contributed by atoms with Gasteiger partial charge in [0, 0.05) is 18.6 Å². The molecule has 0 amide bonds. The molecule has 2 saturated carbocycles. The van der Waals surface area contributed by atoms with Crippen LogP contribution in [0.2, 0.25) is 0 Å². The summed E-state index contributed by atoms with van der Waals surface area (Å²) in [4.78, 5) is 2.69. The van der Waals surface area contributed by atoms with Crippen LogP contribution in [-0.2, 0) is 0 Å². The second kappa shape index (κ2) is 5.27. The van der Waals surface area contributed by atoms with Gasteiger partial charge in [0.15, 0.2) is 0 Å². The third-order valence-corrected chi connectivity index (χ3v) is 4.92. The highest BCUT2D eigenvalue weighted by Crippen LogP contribution is 2.44. The van der Waals surface area contributed by atoms with E-state index in [0.29, 0.717) is 0 Å². The lowest BCUT2D eigenvalue weighted by Gasteiger charge is -2.33. The number of nitrogens with zero attached hydrogens (tertiary/aromatic N) is 1. The number of rotatable bonds is 6. The van der Waals surface area contributed by atoms with Crippen LogP contribution in [0.4, 0.5) is 0 Å². The van der Waals surface area contributed by atoms with Crippen molar-refractivity contribution in [3.05, 3.63) is 0 Å². The summed E-state index contributed by atoms with van der Waals surface area (Å²) in [5.74, 6) is 2.08. The Balaban J connectivity index is 1.42. The first-order chi connectivity index (χ1) is 8.34. The fraction of sp³-hybridized carbons (Fsp3) is 1.00. The third-order valence-electron chi connectivity index (χ3n) is 4.92. The quantitative estimate of drug-likeness (QED) is 0.763. The SMILES string of the molecule is CC(CNC(C1CC1)C1CC1)N1CCCCC1. The first-order valence-corrected chi connectivity index (χ1v) is 7.82. The summed E-state index contributed by atoms with van der Waals surface area (Å²) in [6, 6.07) is 1.62. The van der Waals surface area contributed by atoms with E-state index in [4.69, 9.17) is 0 Å². The van der Waals surface area contributed by atoms with Gasteiger partial charge in [-0.15, -0.1) is 0 Å². The van der Waals surface area contributed by atoms with Gasteiger partial charge in [-0.2, -0.15) is 0 Å². The summed E-state index contributed by atoms with van der Waals surface area (Å²) in [7, 11) is 0. The molecule has 0 bridgehead atoms. The van der Waals surface area contributed by atoms with Crippen molar-refractivity contribution < 1.29 is 0 Å². The second-order valence-corrected chi connectivity index (χ2v) is 6.55. The van der Waals surface area contributed by atoms with Gasteiger partial charge < -0.3 is 5.32 Å². The average Bonchev–Trinajstić information content (AvgIpc) is 3.24. The molecule has 3 fully saturated rings. The fourth-order valence-corrected chi connectivity index (χ4v) is 3.42. The number of piperidine rings is 1. The molecular weight excluding hydrogens is 208 g/mol. The molecule has 0 aromatic carbocycles. The van der Waals surface area contributed by atoms with Crippen molar-refractivity contribution in [3.63, 3.8) is 0 Å². The van der Waals surface area contributed by atoms with Crippen LogP contribution in [0.5, 0.6) is 0 Å². The van der Waals surface area contributed by atoms with Crippen LogP contribution in [0.25, 0.3) is 0 Å². The lowest BCUT2D eigenvalue weighted by molar-refractivity contribution is 0.165. The first-order valence-electron chi connectivity index (χ1n) is 7.82. The van der Waals surface area contributed by atoms with Crippen LogP contribution in [-0.4, -0.2) is 36.6 Å². The van der Waals surface area contributed by atoms with Crippen molar-refractivity contribution in [2.45, 2.75) is 64.0 Å². The summed E-state index contributed by atoms with van der Waals surface area (Å²) in [6.45, 7) is 6.30. The molecule has 1 unspecified atom stereocenters. The zero-order valence-electron chi connectivity index (χ0n) is 11.3. The maximum absolute atomic E-state index is 3.90. The maximum Gasteiger partial charge on any atom is 0.0192 e.